The summed E-state index contributed by atoms with van der Waals surface area (Å²) in [6.45, 7) is 4.97. The first-order chi connectivity index (χ1) is 10.5. The van der Waals surface area contributed by atoms with Gasteiger partial charge in [-0.1, -0.05) is 18.2 Å². The highest BCUT2D eigenvalue weighted by Gasteiger charge is 2.29. The fraction of sp³-hybridized carbons (Fsp3) is 0.412. The van der Waals surface area contributed by atoms with Crippen LogP contribution in [0.1, 0.15) is 41.1 Å². The molecule has 0 bridgehead atoms. The first-order valence-electron chi connectivity index (χ1n) is 7.71. The summed E-state index contributed by atoms with van der Waals surface area (Å²) in [6, 6.07) is 8.76. The Morgan fingerprint density at radius 1 is 1.14 bits per heavy atom. The molecule has 0 radical (unpaired) electrons. The molecule has 2 aromatic rings. The maximum absolute atomic E-state index is 5.85. The minimum absolute atomic E-state index is 0.299. The van der Waals surface area contributed by atoms with Crippen LogP contribution in [0.2, 0.25) is 0 Å². The molecule has 22 heavy (non-hydrogen) atoms. The minimum Gasteiger partial charge on any atom is -0.368 e. The molecule has 0 amide bonds. The number of rotatable bonds is 4. The fourth-order valence-electron chi connectivity index (χ4n) is 2.79. The van der Waals surface area contributed by atoms with Gasteiger partial charge in [-0.25, -0.2) is 4.98 Å². The van der Waals surface area contributed by atoms with Crippen LogP contribution in [-0.2, 0) is 6.54 Å². The van der Waals surface area contributed by atoms with E-state index in [1.54, 1.807) is 0 Å². The minimum atomic E-state index is 0.299. The molecule has 1 fully saturated rings. The maximum atomic E-state index is 5.85. The molecule has 0 unspecified atom stereocenters. The SMILES string of the molecule is Cc1ccc(CNc2cc(C3CC(N)C3)nc(N)n2)cc1C. The number of aryl methyl sites for hydroxylation is 2. The number of anilines is 2. The Morgan fingerprint density at radius 2 is 1.91 bits per heavy atom. The van der Waals surface area contributed by atoms with Gasteiger partial charge in [-0.15, -0.1) is 0 Å². The van der Waals surface area contributed by atoms with E-state index >= 15 is 0 Å². The van der Waals surface area contributed by atoms with Crippen LogP contribution in [0.3, 0.4) is 0 Å². The molecule has 116 valence electrons. The molecule has 0 aliphatic heterocycles. The molecule has 1 aliphatic carbocycles. The lowest BCUT2D eigenvalue weighted by molar-refractivity contribution is 0.345. The first-order valence-corrected chi connectivity index (χ1v) is 7.71. The van der Waals surface area contributed by atoms with E-state index in [2.05, 4.69) is 47.3 Å². The first kappa shape index (κ1) is 14.8. The molecule has 5 N–H and O–H groups in total. The summed E-state index contributed by atoms with van der Waals surface area (Å²) < 4.78 is 0. The number of nitrogens with one attached hydrogen (secondary N) is 1. The van der Waals surface area contributed by atoms with E-state index < -0.39 is 0 Å². The molecule has 1 aliphatic rings. The number of benzene rings is 1. The molecule has 1 aromatic heterocycles. The van der Waals surface area contributed by atoms with Crippen molar-refractivity contribution in [1.29, 1.82) is 0 Å². The second-order valence-corrected chi connectivity index (χ2v) is 6.24. The lowest BCUT2D eigenvalue weighted by atomic mass is 9.78. The summed E-state index contributed by atoms with van der Waals surface area (Å²) in [5.74, 6) is 1.52. The molecule has 1 saturated carbocycles. The predicted molar refractivity (Wildman–Crippen MR) is 89.6 cm³/mol. The summed E-state index contributed by atoms with van der Waals surface area (Å²) in [7, 11) is 0. The monoisotopic (exact) mass is 297 g/mol. The predicted octanol–water partition coefficient (Wildman–Crippen LogP) is 2.49. The molecular formula is C17H23N5. The van der Waals surface area contributed by atoms with Gasteiger partial charge < -0.3 is 16.8 Å². The Kier molecular flexibility index (Phi) is 3.98. The van der Waals surface area contributed by atoms with Gasteiger partial charge in [0.25, 0.3) is 0 Å². The summed E-state index contributed by atoms with van der Waals surface area (Å²) in [6.07, 6.45) is 1.96. The Labute approximate surface area is 131 Å². The van der Waals surface area contributed by atoms with Crippen LogP contribution in [0.15, 0.2) is 24.3 Å². The van der Waals surface area contributed by atoms with E-state index in [1.165, 1.54) is 16.7 Å². The molecule has 1 heterocycles. The second-order valence-electron chi connectivity index (χ2n) is 6.24. The number of nitrogens with zero attached hydrogens (tertiary/aromatic N) is 2. The Bertz CT molecular complexity index is 677. The number of nitrogens with two attached hydrogens (primary N) is 2. The number of aromatic nitrogens is 2. The Balaban J connectivity index is 1.70. The Morgan fingerprint density at radius 3 is 2.59 bits per heavy atom. The quantitative estimate of drug-likeness (QED) is 0.806. The summed E-state index contributed by atoms with van der Waals surface area (Å²) in [5.41, 5.74) is 16.5. The van der Waals surface area contributed by atoms with Gasteiger partial charge in [0.15, 0.2) is 0 Å². The van der Waals surface area contributed by atoms with Gasteiger partial charge in [0.2, 0.25) is 5.95 Å². The van der Waals surface area contributed by atoms with Crippen LogP contribution in [-0.4, -0.2) is 16.0 Å². The molecule has 3 rings (SSSR count). The Hall–Kier alpha value is -2.14. The van der Waals surface area contributed by atoms with E-state index in [1.807, 2.05) is 6.07 Å². The third-order valence-corrected chi connectivity index (χ3v) is 4.40. The zero-order valence-electron chi connectivity index (χ0n) is 13.1. The van der Waals surface area contributed by atoms with Gasteiger partial charge >= 0.3 is 0 Å². The van der Waals surface area contributed by atoms with Gasteiger partial charge in [-0.05, 0) is 43.4 Å². The van der Waals surface area contributed by atoms with E-state index in [0.717, 1.165) is 30.9 Å². The summed E-state index contributed by atoms with van der Waals surface area (Å²) in [5, 5.41) is 3.34. The van der Waals surface area contributed by atoms with Crippen LogP contribution in [0.4, 0.5) is 11.8 Å². The molecule has 5 nitrogen and oxygen atoms in total. The van der Waals surface area contributed by atoms with Crippen LogP contribution in [0.25, 0.3) is 0 Å². The standard InChI is InChI=1S/C17H23N5/c1-10-3-4-12(5-11(10)2)9-20-16-8-15(21-17(19)22-16)13-6-14(18)7-13/h3-5,8,13-14H,6-7,9,18H2,1-2H3,(H3,19,20,21,22). The zero-order chi connectivity index (χ0) is 15.7. The summed E-state index contributed by atoms with van der Waals surface area (Å²) in [4.78, 5) is 8.62. The zero-order valence-corrected chi connectivity index (χ0v) is 13.1. The van der Waals surface area contributed by atoms with Gasteiger partial charge in [0.05, 0.1) is 5.69 Å². The largest absolute Gasteiger partial charge is 0.368 e. The van der Waals surface area contributed by atoms with Crippen molar-refractivity contribution < 1.29 is 0 Å². The van der Waals surface area contributed by atoms with Gasteiger partial charge in [0.1, 0.15) is 5.82 Å². The van der Waals surface area contributed by atoms with Gasteiger partial charge in [-0.2, -0.15) is 4.98 Å². The third-order valence-electron chi connectivity index (χ3n) is 4.40. The average molecular weight is 297 g/mol. The average Bonchev–Trinajstić information content (AvgIpc) is 2.44. The van der Waals surface area contributed by atoms with Crippen molar-refractivity contribution >= 4 is 11.8 Å². The van der Waals surface area contributed by atoms with Gasteiger partial charge in [-0.3, -0.25) is 0 Å². The second kappa shape index (κ2) is 5.93. The number of hydrogen-bond acceptors (Lipinski definition) is 5. The van der Waals surface area contributed by atoms with Crippen molar-refractivity contribution in [3.8, 4) is 0 Å². The van der Waals surface area contributed by atoms with Gasteiger partial charge in [0, 0.05) is 24.6 Å². The van der Waals surface area contributed by atoms with Crippen molar-refractivity contribution in [2.45, 2.75) is 45.2 Å². The lowest BCUT2D eigenvalue weighted by Gasteiger charge is -2.32. The highest BCUT2D eigenvalue weighted by atomic mass is 15.1. The van der Waals surface area contributed by atoms with Crippen molar-refractivity contribution in [1.82, 2.24) is 9.97 Å². The highest BCUT2D eigenvalue weighted by molar-refractivity contribution is 5.43. The molecule has 5 heteroatoms. The lowest BCUT2D eigenvalue weighted by Crippen LogP contribution is -2.35. The number of hydrogen-bond donors (Lipinski definition) is 3. The van der Waals surface area contributed by atoms with E-state index in [-0.39, 0.29) is 0 Å². The van der Waals surface area contributed by atoms with E-state index in [0.29, 0.717) is 17.9 Å². The van der Waals surface area contributed by atoms with Crippen LogP contribution >= 0.6 is 0 Å². The van der Waals surface area contributed by atoms with Crippen molar-refractivity contribution in [3.63, 3.8) is 0 Å². The van der Waals surface area contributed by atoms with E-state index in [4.69, 9.17) is 11.5 Å². The smallest absolute Gasteiger partial charge is 0.222 e. The molecule has 0 spiro atoms. The highest BCUT2D eigenvalue weighted by Crippen LogP contribution is 2.35. The van der Waals surface area contributed by atoms with Crippen molar-refractivity contribution in [3.05, 3.63) is 46.6 Å². The molecule has 0 saturated heterocycles. The molecular weight excluding hydrogens is 274 g/mol. The van der Waals surface area contributed by atoms with Crippen molar-refractivity contribution in [2.75, 3.05) is 11.1 Å². The van der Waals surface area contributed by atoms with Crippen LogP contribution in [0.5, 0.6) is 0 Å². The topological polar surface area (TPSA) is 89.8 Å². The van der Waals surface area contributed by atoms with E-state index in [9.17, 15) is 0 Å². The third kappa shape index (κ3) is 3.20. The molecule has 1 aromatic carbocycles. The number of nitrogen functional groups attached to an aromatic ring is 1. The summed E-state index contributed by atoms with van der Waals surface area (Å²) >= 11 is 0. The maximum Gasteiger partial charge on any atom is 0.222 e. The fourth-order valence-corrected chi connectivity index (χ4v) is 2.79. The van der Waals surface area contributed by atoms with Crippen LogP contribution < -0.4 is 16.8 Å². The normalized spacial score (nSPS) is 20.5. The van der Waals surface area contributed by atoms with Crippen molar-refractivity contribution in [2.24, 2.45) is 5.73 Å². The molecule has 0 atom stereocenters. The van der Waals surface area contributed by atoms with Crippen LogP contribution in [0, 0.1) is 13.8 Å².